The standard InChI is InChI=1S/C21H26O/c1-15-11-18(14-21(2,3)13-15)17-9-10-20(22)19(12-17)16-7-5-4-6-8-16/h4-10,12,15,18,22H,11,13-14H2,1-3H3. The smallest absolute Gasteiger partial charge is 0.123 e. The van der Waals surface area contributed by atoms with Crippen molar-refractivity contribution in [2.24, 2.45) is 11.3 Å². The van der Waals surface area contributed by atoms with Crippen molar-refractivity contribution in [1.82, 2.24) is 0 Å². The summed E-state index contributed by atoms with van der Waals surface area (Å²) in [5.41, 5.74) is 3.82. The van der Waals surface area contributed by atoms with E-state index in [0.29, 0.717) is 17.1 Å². The monoisotopic (exact) mass is 294 g/mol. The minimum Gasteiger partial charge on any atom is -0.507 e. The molecule has 2 aromatic carbocycles. The van der Waals surface area contributed by atoms with Gasteiger partial charge in [0.15, 0.2) is 0 Å². The maximum Gasteiger partial charge on any atom is 0.123 e. The number of hydrogen-bond acceptors (Lipinski definition) is 1. The van der Waals surface area contributed by atoms with Crippen LogP contribution in [0.15, 0.2) is 48.5 Å². The molecular weight excluding hydrogens is 268 g/mol. The fourth-order valence-electron chi connectivity index (χ4n) is 4.26. The molecule has 0 heterocycles. The fraction of sp³-hybridized carbons (Fsp3) is 0.429. The van der Waals surface area contributed by atoms with Crippen molar-refractivity contribution in [1.29, 1.82) is 0 Å². The van der Waals surface area contributed by atoms with Crippen LogP contribution in [0.3, 0.4) is 0 Å². The maximum atomic E-state index is 10.2. The lowest BCUT2D eigenvalue weighted by Gasteiger charge is -2.39. The number of benzene rings is 2. The molecule has 0 aromatic heterocycles. The van der Waals surface area contributed by atoms with Crippen LogP contribution >= 0.6 is 0 Å². The summed E-state index contributed by atoms with van der Waals surface area (Å²) in [6.45, 7) is 7.13. The molecule has 2 aromatic rings. The molecule has 0 radical (unpaired) electrons. The van der Waals surface area contributed by atoms with Crippen LogP contribution in [0.1, 0.15) is 51.5 Å². The first-order chi connectivity index (χ1) is 10.4. The molecule has 116 valence electrons. The first kappa shape index (κ1) is 15.1. The minimum absolute atomic E-state index is 0.373. The van der Waals surface area contributed by atoms with Crippen molar-refractivity contribution in [3.63, 3.8) is 0 Å². The van der Waals surface area contributed by atoms with E-state index in [0.717, 1.165) is 17.0 Å². The van der Waals surface area contributed by atoms with Crippen molar-refractivity contribution in [3.05, 3.63) is 54.1 Å². The average molecular weight is 294 g/mol. The summed E-state index contributed by atoms with van der Waals surface area (Å²) >= 11 is 0. The molecule has 1 aliphatic rings. The average Bonchev–Trinajstić information content (AvgIpc) is 2.46. The van der Waals surface area contributed by atoms with Gasteiger partial charge in [0.05, 0.1) is 0 Å². The Morgan fingerprint density at radius 2 is 1.73 bits per heavy atom. The van der Waals surface area contributed by atoms with Crippen LogP contribution in [-0.2, 0) is 0 Å². The Hall–Kier alpha value is -1.76. The van der Waals surface area contributed by atoms with Gasteiger partial charge in [0.2, 0.25) is 0 Å². The second kappa shape index (κ2) is 5.79. The van der Waals surface area contributed by atoms with Gasteiger partial charge < -0.3 is 5.11 Å². The molecule has 3 rings (SSSR count). The highest BCUT2D eigenvalue weighted by Gasteiger charge is 2.32. The molecule has 1 heteroatoms. The molecule has 2 atom stereocenters. The fourth-order valence-corrected chi connectivity index (χ4v) is 4.26. The summed E-state index contributed by atoms with van der Waals surface area (Å²) in [6.07, 6.45) is 3.80. The van der Waals surface area contributed by atoms with Crippen molar-refractivity contribution >= 4 is 0 Å². The third-order valence-electron chi connectivity index (χ3n) is 4.96. The summed E-state index contributed by atoms with van der Waals surface area (Å²) in [5, 5.41) is 10.2. The van der Waals surface area contributed by atoms with Crippen LogP contribution in [-0.4, -0.2) is 5.11 Å². The van der Waals surface area contributed by atoms with E-state index in [2.05, 4.69) is 45.0 Å². The first-order valence-electron chi connectivity index (χ1n) is 8.33. The molecule has 0 amide bonds. The van der Waals surface area contributed by atoms with Crippen LogP contribution in [0.2, 0.25) is 0 Å². The topological polar surface area (TPSA) is 20.2 Å². The van der Waals surface area contributed by atoms with Crippen LogP contribution in [0.4, 0.5) is 0 Å². The summed E-state index contributed by atoms with van der Waals surface area (Å²) in [4.78, 5) is 0. The van der Waals surface area contributed by atoms with E-state index in [1.54, 1.807) is 0 Å². The quantitative estimate of drug-likeness (QED) is 0.721. The van der Waals surface area contributed by atoms with Gasteiger partial charge in [0, 0.05) is 5.56 Å². The molecule has 0 bridgehead atoms. The molecule has 1 aliphatic carbocycles. The molecule has 1 saturated carbocycles. The lowest BCUT2D eigenvalue weighted by atomic mass is 9.66. The van der Waals surface area contributed by atoms with E-state index in [4.69, 9.17) is 0 Å². The summed E-state index contributed by atoms with van der Waals surface area (Å²) < 4.78 is 0. The van der Waals surface area contributed by atoms with Crippen molar-refractivity contribution < 1.29 is 5.11 Å². The van der Waals surface area contributed by atoms with Gasteiger partial charge in [-0.15, -0.1) is 0 Å². The van der Waals surface area contributed by atoms with Gasteiger partial charge in [-0.3, -0.25) is 0 Å². The zero-order valence-corrected chi connectivity index (χ0v) is 13.8. The van der Waals surface area contributed by atoms with Gasteiger partial charge >= 0.3 is 0 Å². The molecule has 1 N–H and O–H groups in total. The van der Waals surface area contributed by atoms with Gasteiger partial charge in [-0.2, -0.15) is 0 Å². The normalized spacial score (nSPS) is 24.1. The molecule has 1 fully saturated rings. The number of phenols is 1. The molecule has 0 saturated heterocycles. The Morgan fingerprint density at radius 1 is 1.00 bits per heavy atom. The van der Waals surface area contributed by atoms with Crippen LogP contribution in [0.25, 0.3) is 11.1 Å². The van der Waals surface area contributed by atoms with Gasteiger partial charge in [0.1, 0.15) is 5.75 Å². The third-order valence-corrected chi connectivity index (χ3v) is 4.96. The van der Waals surface area contributed by atoms with Gasteiger partial charge in [-0.25, -0.2) is 0 Å². The number of hydrogen-bond donors (Lipinski definition) is 1. The van der Waals surface area contributed by atoms with E-state index >= 15 is 0 Å². The van der Waals surface area contributed by atoms with Gasteiger partial charge in [-0.1, -0.05) is 57.2 Å². The van der Waals surface area contributed by atoms with Crippen LogP contribution < -0.4 is 0 Å². The lowest BCUT2D eigenvalue weighted by molar-refractivity contribution is 0.168. The SMILES string of the molecule is CC1CC(c2ccc(O)c(-c3ccccc3)c2)CC(C)(C)C1. The second-order valence-corrected chi connectivity index (χ2v) is 7.75. The predicted molar refractivity (Wildman–Crippen MR) is 93.1 cm³/mol. The molecule has 2 unspecified atom stereocenters. The van der Waals surface area contributed by atoms with Gasteiger partial charge in [0.25, 0.3) is 0 Å². The molecule has 0 spiro atoms. The van der Waals surface area contributed by atoms with Crippen molar-refractivity contribution in [3.8, 4) is 16.9 Å². The highest BCUT2D eigenvalue weighted by atomic mass is 16.3. The van der Waals surface area contributed by atoms with E-state index in [1.807, 2.05) is 24.3 Å². The Labute approximate surface area is 134 Å². The molecule has 0 aliphatic heterocycles. The van der Waals surface area contributed by atoms with Crippen molar-refractivity contribution in [2.45, 2.75) is 46.0 Å². The summed E-state index contributed by atoms with van der Waals surface area (Å²) in [7, 11) is 0. The van der Waals surface area contributed by atoms with Crippen molar-refractivity contribution in [2.75, 3.05) is 0 Å². The number of aromatic hydroxyl groups is 1. The number of phenolic OH excluding ortho intramolecular Hbond substituents is 1. The third kappa shape index (κ3) is 3.19. The summed E-state index contributed by atoms with van der Waals surface area (Å²) in [5.74, 6) is 1.74. The molecule has 1 nitrogen and oxygen atoms in total. The second-order valence-electron chi connectivity index (χ2n) is 7.75. The zero-order valence-electron chi connectivity index (χ0n) is 13.8. The highest BCUT2D eigenvalue weighted by Crippen LogP contribution is 2.47. The lowest BCUT2D eigenvalue weighted by Crippen LogP contribution is -2.26. The summed E-state index contributed by atoms with van der Waals surface area (Å²) in [6, 6.07) is 16.3. The Kier molecular flexibility index (Phi) is 3.99. The Bertz CT molecular complexity index is 642. The van der Waals surface area contributed by atoms with E-state index in [-0.39, 0.29) is 0 Å². The van der Waals surface area contributed by atoms with Gasteiger partial charge in [-0.05, 0) is 59.8 Å². The predicted octanol–water partition coefficient (Wildman–Crippen LogP) is 5.99. The highest BCUT2D eigenvalue weighted by molar-refractivity contribution is 5.70. The largest absolute Gasteiger partial charge is 0.507 e. The van der Waals surface area contributed by atoms with E-state index < -0.39 is 0 Å². The maximum absolute atomic E-state index is 10.2. The minimum atomic E-state index is 0.373. The van der Waals surface area contributed by atoms with E-state index in [9.17, 15) is 5.11 Å². The zero-order chi connectivity index (χ0) is 15.7. The first-order valence-corrected chi connectivity index (χ1v) is 8.33. The Morgan fingerprint density at radius 3 is 2.41 bits per heavy atom. The molecule has 22 heavy (non-hydrogen) atoms. The van der Waals surface area contributed by atoms with Crippen LogP contribution in [0.5, 0.6) is 5.75 Å². The van der Waals surface area contributed by atoms with E-state index in [1.165, 1.54) is 24.8 Å². The molecular formula is C21H26O. The number of rotatable bonds is 2. The Balaban J connectivity index is 1.96. The van der Waals surface area contributed by atoms with Crippen LogP contribution in [0, 0.1) is 11.3 Å².